The third kappa shape index (κ3) is 6.28. The van der Waals surface area contributed by atoms with Gasteiger partial charge >= 0.3 is 0 Å². The zero-order valence-electron chi connectivity index (χ0n) is 16.8. The van der Waals surface area contributed by atoms with Crippen LogP contribution in [0.15, 0.2) is 42.5 Å². The monoisotopic (exact) mass is 388 g/mol. The Bertz CT molecular complexity index is 723. The van der Waals surface area contributed by atoms with Crippen LogP contribution in [0.4, 0.5) is 8.78 Å². The van der Waals surface area contributed by atoms with E-state index in [4.69, 9.17) is 4.74 Å². The number of hydrogen-bond donors (Lipinski definition) is 0. The minimum atomic E-state index is -0.510. The van der Waals surface area contributed by atoms with E-state index in [-0.39, 0.29) is 0 Å². The lowest BCUT2D eigenvalue weighted by atomic mass is 9.96. The van der Waals surface area contributed by atoms with Crippen molar-refractivity contribution in [2.45, 2.75) is 25.8 Å². The molecule has 152 valence electrons. The number of halogens is 2. The van der Waals surface area contributed by atoms with Crippen molar-refractivity contribution in [3.8, 4) is 5.75 Å². The number of likely N-dealkylation sites (tertiary alicyclic amines) is 1. The van der Waals surface area contributed by atoms with Crippen molar-refractivity contribution in [2.75, 3.05) is 40.3 Å². The van der Waals surface area contributed by atoms with Crippen LogP contribution in [0.3, 0.4) is 0 Å². The average molecular weight is 389 g/mol. The third-order valence-corrected chi connectivity index (χ3v) is 5.56. The molecule has 1 saturated heterocycles. The summed E-state index contributed by atoms with van der Waals surface area (Å²) >= 11 is 0. The van der Waals surface area contributed by atoms with E-state index in [9.17, 15) is 8.78 Å². The summed E-state index contributed by atoms with van der Waals surface area (Å²) in [7, 11) is 3.82. The zero-order chi connectivity index (χ0) is 19.9. The fourth-order valence-corrected chi connectivity index (χ4v) is 3.88. The molecule has 0 saturated carbocycles. The van der Waals surface area contributed by atoms with Crippen molar-refractivity contribution in [1.29, 1.82) is 0 Å². The van der Waals surface area contributed by atoms with Crippen LogP contribution in [0.1, 0.15) is 24.0 Å². The van der Waals surface area contributed by atoms with E-state index in [0.717, 1.165) is 44.4 Å². The Morgan fingerprint density at radius 3 is 2.25 bits per heavy atom. The molecule has 0 atom stereocenters. The van der Waals surface area contributed by atoms with Gasteiger partial charge in [0.1, 0.15) is 17.4 Å². The molecule has 1 heterocycles. The molecule has 2 aromatic rings. The molecule has 0 radical (unpaired) electrons. The van der Waals surface area contributed by atoms with Gasteiger partial charge in [-0.15, -0.1) is 0 Å². The second-order valence-electron chi connectivity index (χ2n) is 7.86. The quantitative estimate of drug-likeness (QED) is 0.668. The summed E-state index contributed by atoms with van der Waals surface area (Å²) < 4.78 is 32.5. The van der Waals surface area contributed by atoms with E-state index in [1.165, 1.54) is 30.5 Å². The molecule has 5 heteroatoms. The Hall–Kier alpha value is -1.98. The normalized spacial score (nSPS) is 15.9. The predicted octanol–water partition coefficient (Wildman–Crippen LogP) is 4.36. The summed E-state index contributed by atoms with van der Waals surface area (Å²) in [6.07, 6.45) is 3.24. The first kappa shape index (κ1) is 20.7. The number of ether oxygens (including phenoxy) is 1. The predicted molar refractivity (Wildman–Crippen MR) is 109 cm³/mol. The minimum absolute atomic E-state index is 0.510. The van der Waals surface area contributed by atoms with E-state index >= 15 is 0 Å². The van der Waals surface area contributed by atoms with Gasteiger partial charge in [0.15, 0.2) is 0 Å². The summed E-state index contributed by atoms with van der Waals surface area (Å²) in [6.45, 7) is 4.62. The van der Waals surface area contributed by atoms with Crippen molar-refractivity contribution in [3.63, 3.8) is 0 Å². The fourth-order valence-electron chi connectivity index (χ4n) is 3.88. The maximum absolute atomic E-state index is 13.6. The van der Waals surface area contributed by atoms with E-state index in [2.05, 4.69) is 29.0 Å². The van der Waals surface area contributed by atoms with E-state index in [0.29, 0.717) is 18.0 Å². The molecule has 2 aromatic carbocycles. The smallest absolute Gasteiger partial charge is 0.126 e. The van der Waals surface area contributed by atoms with Crippen molar-refractivity contribution >= 4 is 0 Å². The fraction of sp³-hybridized carbons (Fsp3) is 0.478. The first-order valence-electron chi connectivity index (χ1n) is 10.0. The highest BCUT2D eigenvalue weighted by atomic mass is 19.1. The summed E-state index contributed by atoms with van der Waals surface area (Å²) in [4.78, 5) is 4.70. The Kier molecular flexibility index (Phi) is 7.40. The van der Waals surface area contributed by atoms with Gasteiger partial charge in [-0.3, -0.25) is 4.90 Å². The second-order valence-corrected chi connectivity index (χ2v) is 7.86. The Morgan fingerprint density at radius 1 is 1.00 bits per heavy atom. The van der Waals surface area contributed by atoms with Gasteiger partial charge in [-0.05, 0) is 80.7 Å². The molecule has 0 unspecified atom stereocenters. The minimum Gasteiger partial charge on any atom is -0.497 e. The first-order chi connectivity index (χ1) is 13.5. The molecule has 3 nitrogen and oxygen atoms in total. The second kappa shape index (κ2) is 9.99. The highest BCUT2D eigenvalue weighted by Gasteiger charge is 2.20. The van der Waals surface area contributed by atoms with Gasteiger partial charge in [0, 0.05) is 25.7 Å². The Balaban J connectivity index is 1.65. The van der Waals surface area contributed by atoms with Crippen LogP contribution < -0.4 is 4.74 Å². The number of rotatable bonds is 8. The molecule has 1 aliphatic heterocycles. The molecule has 0 bridgehead atoms. The summed E-state index contributed by atoms with van der Waals surface area (Å²) in [5, 5.41) is 0. The summed E-state index contributed by atoms with van der Waals surface area (Å²) in [6, 6.07) is 11.9. The van der Waals surface area contributed by atoms with Crippen LogP contribution in [-0.4, -0.2) is 50.1 Å². The maximum Gasteiger partial charge on any atom is 0.126 e. The SMILES string of the molecule is COc1ccc(CCN(Cc2cc(F)cc(F)c2)CC2CCN(C)CC2)cc1. The molecule has 28 heavy (non-hydrogen) atoms. The molecule has 1 aliphatic rings. The lowest BCUT2D eigenvalue weighted by Crippen LogP contribution is -2.37. The van der Waals surface area contributed by atoms with E-state index in [1.54, 1.807) is 7.11 Å². The Labute approximate surface area is 166 Å². The lowest BCUT2D eigenvalue weighted by molar-refractivity contribution is 0.156. The number of benzene rings is 2. The number of piperidine rings is 1. The largest absolute Gasteiger partial charge is 0.497 e. The number of methoxy groups -OCH3 is 1. The number of nitrogens with zero attached hydrogens (tertiary/aromatic N) is 2. The van der Waals surface area contributed by atoms with Crippen LogP contribution >= 0.6 is 0 Å². The molecule has 0 aliphatic carbocycles. The third-order valence-electron chi connectivity index (χ3n) is 5.56. The van der Waals surface area contributed by atoms with Gasteiger partial charge in [-0.2, -0.15) is 0 Å². The average Bonchev–Trinajstić information content (AvgIpc) is 2.67. The maximum atomic E-state index is 13.6. The molecule has 0 aromatic heterocycles. The Morgan fingerprint density at radius 2 is 1.64 bits per heavy atom. The number of hydrogen-bond acceptors (Lipinski definition) is 3. The van der Waals surface area contributed by atoms with Crippen LogP contribution in [0, 0.1) is 17.6 Å². The molecule has 1 fully saturated rings. The molecule has 3 rings (SSSR count). The van der Waals surface area contributed by atoms with Crippen LogP contribution in [0.5, 0.6) is 5.75 Å². The zero-order valence-corrected chi connectivity index (χ0v) is 16.8. The van der Waals surface area contributed by atoms with Gasteiger partial charge < -0.3 is 9.64 Å². The van der Waals surface area contributed by atoms with Gasteiger partial charge in [-0.25, -0.2) is 8.78 Å². The lowest BCUT2D eigenvalue weighted by Gasteiger charge is -2.33. The molecule has 0 N–H and O–H groups in total. The highest BCUT2D eigenvalue weighted by Crippen LogP contribution is 2.20. The van der Waals surface area contributed by atoms with Crippen LogP contribution in [0.2, 0.25) is 0 Å². The van der Waals surface area contributed by atoms with Crippen molar-refractivity contribution in [1.82, 2.24) is 9.80 Å². The standard InChI is InChI=1S/C23H30F2N2O/c1-26-10-7-19(8-11-26)16-27(17-20-13-21(24)15-22(25)14-20)12-9-18-3-5-23(28-2)6-4-18/h3-6,13-15,19H,7-12,16-17H2,1-2H3. The first-order valence-corrected chi connectivity index (χ1v) is 10.0. The van der Waals surface area contributed by atoms with Gasteiger partial charge in [0.2, 0.25) is 0 Å². The highest BCUT2D eigenvalue weighted by molar-refractivity contribution is 5.27. The van der Waals surface area contributed by atoms with Crippen LogP contribution in [-0.2, 0) is 13.0 Å². The van der Waals surface area contributed by atoms with Crippen molar-refractivity contribution in [3.05, 3.63) is 65.2 Å². The molecular formula is C23H30F2N2O. The molecule has 0 spiro atoms. The molecular weight excluding hydrogens is 358 g/mol. The van der Waals surface area contributed by atoms with Crippen molar-refractivity contribution in [2.24, 2.45) is 5.92 Å². The molecule has 0 amide bonds. The van der Waals surface area contributed by atoms with E-state index in [1.807, 2.05) is 12.1 Å². The summed E-state index contributed by atoms with van der Waals surface area (Å²) in [5.41, 5.74) is 1.93. The van der Waals surface area contributed by atoms with E-state index < -0.39 is 11.6 Å². The topological polar surface area (TPSA) is 15.7 Å². The van der Waals surface area contributed by atoms with Crippen LogP contribution in [0.25, 0.3) is 0 Å². The van der Waals surface area contributed by atoms with Gasteiger partial charge in [0.05, 0.1) is 7.11 Å². The summed E-state index contributed by atoms with van der Waals surface area (Å²) in [5.74, 6) is 0.460. The van der Waals surface area contributed by atoms with Gasteiger partial charge in [-0.1, -0.05) is 12.1 Å². The van der Waals surface area contributed by atoms with Gasteiger partial charge in [0.25, 0.3) is 0 Å². The van der Waals surface area contributed by atoms with Crippen molar-refractivity contribution < 1.29 is 13.5 Å².